The van der Waals surface area contributed by atoms with Gasteiger partial charge in [-0.1, -0.05) is 6.07 Å². The Morgan fingerprint density at radius 1 is 1.29 bits per heavy atom. The first kappa shape index (κ1) is 12.4. The second kappa shape index (κ2) is 4.32. The Labute approximate surface area is 123 Å². The Morgan fingerprint density at radius 3 is 2.90 bits per heavy atom. The van der Waals surface area contributed by atoms with Crippen LogP contribution in [-0.2, 0) is 13.5 Å². The normalized spacial score (nSPS) is 17.0. The molecule has 4 heteroatoms. The van der Waals surface area contributed by atoms with Crippen molar-refractivity contribution in [3.63, 3.8) is 0 Å². The average molecular weight is 279 g/mol. The molecule has 0 saturated heterocycles. The number of nitrogens with zero attached hydrogens (tertiary/aromatic N) is 3. The largest absolute Gasteiger partial charge is 0.489 e. The van der Waals surface area contributed by atoms with Crippen molar-refractivity contribution in [1.82, 2.24) is 14.8 Å². The quantitative estimate of drug-likeness (QED) is 0.686. The summed E-state index contributed by atoms with van der Waals surface area (Å²) in [6, 6.07) is 8.34. The predicted molar refractivity (Wildman–Crippen MR) is 82.5 cm³/mol. The van der Waals surface area contributed by atoms with Gasteiger partial charge in [0.1, 0.15) is 11.9 Å². The second-order valence-electron chi connectivity index (χ2n) is 5.71. The monoisotopic (exact) mass is 279 g/mol. The van der Waals surface area contributed by atoms with Crippen LogP contribution in [0.4, 0.5) is 0 Å². The van der Waals surface area contributed by atoms with Crippen molar-refractivity contribution in [1.29, 1.82) is 0 Å². The zero-order valence-electron chi connectivity index (χ0n) is 12.4. The van der Waals surface area contributed by atoms with E-state index in [0.717, 1.165) is 40.0 Å². The van der Waals surface area contributed by atoms with E-state index in [9.17, 15) is 0 Å². The van der Waals surface area contributed by atoms with E-state index in [2.05, 4.69) is 37.1 Å². The van der Waals surface area contributed by atoms with E-state index in [0.29, 0.717) is 0 Å². The van der Waals surface area contributed by atoms with Gasteiger partial charge in [0.2, 0.25) is 0 Å². The summed E-state index contributed by atoms with van der Waals surface area (Å²) in [5.74, 6) is 1.01. The van der Waals surface area contributed by atoms with Crippen LogP contribution < -0.4 is 4.74 Å². The standard InChI is InChI=1S/C17H17N3O/c1-10-8-13-11(2)19-15-5-4-12(9-14(15)17(13)21-10)16-6-7-18-20(16)3/h4-7,9-10H,8H2,1-3H3. The lowest BCUT2D eigenvalue weighted by molar-refractivity contribution is 0.257. The van der Waals surface area contributed by atoms with E-state index < -0.39 is 0 Å². The Kier molecular flexibility index (Phi) is 2.55. The molecule has 0 radical (unpaired) electrons. The smallest absolute Gasteiger partial charge is 0.134 e. The molecule has 0 N–H and O–H groups in total. The Morgan fingerprint density at radius 2 is 2.14 bits per heavy atom. The minimum Gasteiger partial charge on any atom is -0.489 e. The van der Waals surface area contributed by atoms with Crippen molar-refractivity contribution in [2.45, 2.75) is 26.4 Å². The maximum absolute atomic E-state index is 6.04. The van der Waals surface area contributed by atoms with E-state index in [1.165, 1.54) is 5.56 Å². The molecule has 4 rings (SSSR count). The molecule has 2 aromatic heterocycles. The molecule has 21 heavy (non-hydrogen) atoms. The van der Waals surface area contributed by atoms with Crippen molar-refractivity contribution in [2.24, 2.45) is 7.05 Å². The van der Waals surface area contributed by atoms with Gasteiger partial charge in [-0.05, 0) is 32.0 Å². The number of benzene rings is 1. The molecule has 4 nitrogen and oxygen atoms in total. The fraction of sp³-hybridized carbons (Fsp3) is 0.294. The molecule has 0 bridgehead atoms. The third kappa shape index (κ3) is 1.82. The lowest BCUT2D eigenvalue weighted by Gasteiger charge is -2.10. The topological polar surface area (TPSA) is 39.9 Å². The van der Waals surface area contributed by atoms with Gasteiger partial charge in [-0.2, -0.15) is 5.10 Å². The predicted octanol–water partition coefficient (Wildman–Crippen LogP) is 3.27. The van der Waals surface area contributed by atoms with Crippen LogP contribution in [0.5, 0.6) is 5.75 Å². The summed E-state index contributed by atoms with van der Waals surface area (Å²) in [6.45, 7) is 4.17. The fourth-order valence-electron chi connectivity index (χ4n) is 3.11. The van der Waals surface area contributed by atoms with Crippen molar-refractivity contribution >= 4 is 10.9 Å². The first-order valence-corrected chi connectivity index (χ1v) is 7.22. The highest BCUT2D eigenvalue weighted by molar-refractivity contribution is 5.91. The summed E-state index contributed by atoms with van der Waals surface area (Å²) >= 11 is 0. The van der Waals surface area contributed by atoms with Gasteiger partial charge in [-0.3, -0.25) is 9.67 Å². The summed E-state index contributed by atoms with van der Waals surface area (Å²) < 4.78 is 7.92. The van der Waals surface area contributed by atoms with Crippen LogP contribution >= 0.6 is 0 Å². The molecule has 1 unspecified atom stereocenters. The highest BCUT2D eigenvalue weighted by atomic mass is 16.5. The SMILES string of the molecule is Cc1nc2ccc(-c3ccnn3C)cc2c2c1CC(C)O2. The molecular formula is C17H17N3O. The summed E-state index contributed by atoms with van der Waals surface area (Å²) in [6.07, 6.45) is 2.99. The lowest BCUT2D eigenvalue weighted by Crippen LogP contribution is -2.05. The van der Waals surface area contributed by atoms with Gasteiger partial charge in [0, 0.05) is 41.9 Å². The third-order valence-corrected chi connectivity index (χ3v) is 4.17. The zero-order chi connectivity index (χ0) is 14.6. The van der Waals surface area contributed by atoms with Crippen molar-refractivity contribution < 1.29 is 4.74 Å². The van der Waals surface area contributed by atoms with Crippen LogP contribution in [0.3, 0.4) is 0 Å². The molecule has 3 heterocycles. The molecular weight excluding hydrogens is 262 g/mol. The minimum absolute atomic E-state index is 0.228. The summed E-state index contributed by atoms with van der Waals surface area (Å²) in [4.78, 5) is 4.72. The molecule has 0 spiro atoms. The molecule has 0 saturated carbocycles. The van der Waals surface area contributed by atoms with Crippen molar-refractivity contribution in [3.8, 4) is 17.0 Å². The van der Waals surface area contributed by atoms with E-state index >= 15 is 0 Å². The Bertz CT molecular complexity index is 851. The average Bonchev–Trinajstić information content (AvgIpc) is 3.05. The number of hydrogen-bond acceptors (Lipinski definition) is 3. The van der Waals surface area contributed by atoms with Crippen LogP contribution in [0.25, 0.3) is 22.2 Å². The lowest BCUT2D eigenvalue weighted by atomic mass is 10.0. The second-order valence-corrected chi connectivity index (χ2v) is 5.71. The number of ether oxygens (including phenoxy) is 1. The van der Waals surface area contributed by atoms with Crippen molar-refractivity contribution in [2.75, 3.05) is 0 Å². The Balaban J connectivity index is 1.98. The van der Waals surface area contributed by atoms with Gasteiger partial charge >= 0.3 is 0 Å². The van der Waals surface area contributed by atoms with Crippen LogP contribution in [0.2, 0.25) is 0 Å². The molecule has 3 aromatic rings. The van der Waals surface area contributed by atoms with Crippen molar-refractivity contribution in [3.05, 3.63) is 41.7 Å². The van der Waals surface area contributed by atoms with Gasteiger partial charge in [-0.15, -0.1) is 0 Å². The van der Waals surface area contributed by atoms with Crippen LogP contribution in [0.1, 0.15) is 18.2 Å². The van der Waals surface area contributed by atoms with Gasteiger partial charge < -0.3 is 4.74 Å². The molecule has 0 aliphatic carbocycles. The number of aryl methyl sites for hydroxylation is 2. The van der Waals surface area contributed by atoms with Gasteiger partial charge in [-0.25, -0.2) is 0 Å². The highest BCUT2D eigenvalue weighted by Gasteiger charge is 2.24. The van der Waals surface area contributed by atoms with Gasteiger partial charge in [0.25, 0.3) is 0 Å². The number of rotatable bonds is 1. The van der Waals surface area contributed by atoms with Crippen LogP contribution in [0, 0.1) is 6.92 Å². The summed E-state index contributed by atoms with van der Waals surface area (Å²) in [5, 5.41) is 5.34. The summed E-state index contributed by atoms with van der Waals surface area (Å²) in [7, 11) is 1.95. The molecule has 1 aliphatic heterocycles. The maximum Gasteiger partial charge on any atom is 0.134 e. The molecule has 0 fully saturated rings. The van der Waals surface area contributed by atoms with E-state index in [1.807, 2.05) is 24.0 Å². The summed E-state index contributed by atoms with van der Waals surface area (Å²) in [5.41, 5.74) is 5.55. The minimum atomic E-state index is 0.228. The number of hydrogen-bond donors (Lipinski definition) is 0. The Hall–Kier alpha value is -2.36. The number of pyridine rings is 1. The van der Waals surface area contributed by atoms with Gasteiger partial charge in [0.15, 0.2) is 0 Å². The maximum atomic E-state index is 6.04. The van der Waals surface area contributed by atoms with E-state index in [-0.39, 0.29) is 6.10 Å². The third-order valence-electron chi connectivity index (χ3n) is 4.17. The fourth-order valence-corrected chi connectivity index (χ4v) is 3.11. The first-order valence-electron chi connectivity index (χ1n) is 7.22. The molecule has 0 amide bonds. The molecule has 1 aliphatic rings. The number of fused-ring (bicyclic) bond motifs is 3. The first-order chi connectivity index (χ1) is 10.1. The van der Waals surface area contributed by atoms with E-state index in [4.69, 9.17) is 9.72 Å². The van der Waals surface area contributed by atoms with Crippen LogP contribution in [0.15, 0.2) is 30.5 Å². The van der Waals surface area contributed by atoms with Gasteiger partial charge in [0.05, 0.1) is 11.2 Å². The number of aromatic nitrogens is 3. The van der Waals surface area contributed by atoms with E-state index in [1.54, 1.807) is 0 Å². The highest BCUT2D eigenvalue weighted by Crippen LogP contribution is 2.38. The molecule has 1 atom stereocenters. The van der Waals surface area contributed by atoms with Crippen LogP contribution in [-0.4, -0.2) is 20.9 Å². The molecule has 1 aromatic carbocycles. The molecule has 106 valence electrons. The zero-order valence-corrected chi connectivity index (χ0v) is 12.4.